The third kappa shape index (κ3) is 3.83. The number of aromatic nitrogens is 2. The van der Waals surface area contributed by atoms with Gasteiger partial charge in [0.2, 0.25) is 0 Å². The summed E-state index contributed by atoms with van der Waals surface area (Å²) in [5, 5.41) is 12.1. The molecule has 1 unspecified atom stereocenters. The van der Waals surface area contributed by atoms with Gasteiger partial charge in [0.25, 0.3) is 0 Å². The molecule has 1 N–H and O–H groups in total. The first-order valence-corrected chi connectivity index (χ1v) is 8.58. The van der Waals surface area contributed by atoms with Gasteiger partial charge in [0.1, 0.15) is 6.07 Å². The molecule has 5 nitrogen and oxygen atoms in total. The zero-order chi connectivity index (χ0) is 16.8. The fraction of sp³-hybridized carbons (Fsp3) is 0.0556. The summed E-state index contributed by atoms with van der Waals surface area (Å²) in [4.78, 5) is 8.90. The number of hydrogen-bond donors (Lipinski definition) is 1. The van der Waals surface area contributed by atoms with Crippen molar-refractivity contribution >= 4 is 22.3 Å². The summed E-state index contributed by atoms with van der Waals surface area (Å²) in [6.07, 6.45) is 3.00. The molecule has 1 atom stereocenters. The van der Waals surface area contributed by atoms with Crippen LogP contribution in [0.4, 0.5) is 11.5 Å². The van der Waals surface area contributed by atoms with Crippen LogP contribution in [0.1, 0.15) is 11.3 Å². The van der Waals surface area contributed by atoms with Gasteiger partial charge in [-0.15, -0.1) is 0 Å². The normalized spacial score (nSPS) is 11.5. The Morgan fingerprint density at radius 2 is 1.83 bits per heavy atom. The van der Waals surface area contributed by atoms with Crippen molar-refractivity contribution in [2.45, 2.75) is 10.6 Å². The maximum atomic E-state index is 12.4. The van der Waals surface area contributed by atoms with Gasteiger partial charge in [-0.25, -0.2) is 9.97 Å². The average Bonchev–Trinajstić information content (AvgIpc) is 2.63. The van der Waals surface area contributed by atoms with E-state index in [1.165, 1.54) is 12.4 Å². The van der Waals surface area contributed by atoms with Crippen LogP contribution in [0.15, 0.2) is 71.9 Å². The largest absolute Gasteiger partial charge is 0.338 e. The quantitative estimate of drug-likeness (QED) is 0.773. The predicted octanol–water partition coefficient (Wildman–Crippen LogP) is 3.40. The first kappa shape index (κ1) is 15.8. The lowest BCUT2D eigenvalue weighted by Crippen LogP contribution is -2.00. The molecular formula is C18H14N4OS. The second-order valence-electron chi connectivity index (χ2n) is 4.99. The lowest BCUT2D eigenvalue weighted by molar-refractivity contribution is 0.682. The molecule has 0 aliphatic carbocycles. The molecular weight excluding hydrogens is 320 g/mol. The Bertz CT molecular complexity index is 906. The maximum Gasteiger partial charge on any atom is 0.183 e. The molecule has 0 amide bonds. The molecule has 0 fully saturated rings. The third-order valence-electron chi connectivity index (χ3n) is 3.30. The van der Waals surface area contributed by atoms with Crippen LogP contribution in [0.2, 0.25) is 0 Å². The highest BCUT2D eigenvalue weighted by Gasteiger charge is 2.07. The fourth-order valence-corrected chi connectivity index (χ4v) is 3.30. The number of hydrogen-bond acceptors (Lipinski definition) is 5. The Morgan fingerprint density at radius 1 is 1.04 bits per heavy atom. The Labute approximate surface area is 142 Å². The van der Waals surface area contributed by atoms with E-state index in [9.17, 15) is 4.21 Å². The first-order valence-electron chi connectivity index (χ1n) is 7.27. The number of anilines is 2. The Morgan fingerprint density at radius 3 is 2.62 bits per heavy atom. The minimum absolute atomic E-state index is 0.232. The van der Waals surface area contributed by atoms with Gasteiger partial charge < -0.3 is 5.32 Å². The molecule has 0 aliphatic heterocycles. The molecule has 2 aromatic carbocycles. The lowest BCUT2D eigenvalue weighted by atomic mass is 10.2. The number of nitrogens with zero attached hydrogens (tertiary/aromatic N) is 3. The van der Waals surface area contributed by atoms with Crippen molar-refractivity contribution in [3.8, 4) is 6.07 Å². The van der Waals surface area contributed by atoms with Crippen LogP contribution in [0.3, 0.4) is 0 Å². The molecule has 6 heteroatoms. The number of benzene rings is 2. The Balaban J connectivity index is 1.77. The molecule has 1 aromatic heterocycles. The van der Waals surface area contributed by atoms with Crippen molar-refractivity contribution in [1.29, 1.82) is 5.26 Å². The molecule has 3 aromatic rings. The van der Waals surface area contributed by atoms with E-state index in [0.29, 0.717) is 11.6 Å². The van der Waals surface area contributed by atoms with Gasteiger partial charge in [-0.05, 0) is 29.8 Å². The second-order valence-corrected chi connectivity index (χ2v) is 6.44. The summed E-state index contributed by atoms with van der Waals surface area (Å²) in [6, 6.07) is 18.9. The molecule has 0 radical (unpaired) electrons. The summed E-state index contributed by atoms with van der Waals surface area (Å²) in [5.41, 5.74) is 1.94. The van der Waals surface area contributed by atoms with E-state index in [4.69, 9.17) is 5.26 Å². The van der Waals surface area contributed by atoms with Crippen LogP contribution in [0.5, 0.6) is 0 Å². The van der Waals surface area contributed by atoms with Crippen molar-refractivity contribution in [3.05, 3.63) is 78.2 Å². The van der Waals surface area contributed by atoms with E-state index < -0.39 is 10.8 Å². The van der Waals surface area contributed by atoms with Crippen molar-refractivity contribution in [2.24, 2.45) is 0 Å². The van der Waals surface area contributed by atoms with Gasteiger partial charge in [-0.3, -0.25) is 4.21 Å². The first-order chi connectivity index (χ1) is 11.8. The van der Waals surface area contributed by atoms with Gasteiger partial charge in [-0.2, -0.15) is 5.26 Å². The van der Waals surface area contributed by atoms with Crippen LogP contribution in [-0.4, -0.2) is 14.2 Å². The average molecular weight is 334 g/mol. The zero-order valence-electron chi connectivity index (χ0n) is 12.7. The van der Waals surface area contributed by atoms with Crippen molar-refractivity contribution < 1.29 is 4.21 Å². The molecule has 0 saturated carbocycles. The van der Waals surface area contributed by atoms with Crippen LogP contribution >= 0.6 is 0 Å². The molecule has 3 rings (SSSR count). The van der Waals surface area contributed by atoms with E-state index in [1.54, 1.807) is 0 Å². The van der Waals surface area contributed by atoms with Crippen LogP contribution in [0.25, 0.3) is 0 Å². The molecule has 1 heterocycles. The van der Waals surface area contributed by atoms with Crippen LogP contribution in [-0.2, 0) is 16.6 Å². The topological polar surface area (TPSA) is 78.7 Å². The Kier molecular flexibility index (Phi) is 4.94. The van der Waals surface area contributed by atoms with E-state index >= 15 is 0 Å². The minimum Gasteiger partial charge on any atom is -0.338 e. The molecule has 0 spiro atoms. The van der Waals surface area contributed by atoms with Crippen molar-refractivity contribution in [2.75, 3.05) is 5.32 Å². The lowest BCUT2D eigenvalue weighted by Gasteiger charge is -2.08. The number of nitrogens with one attached hydrogen (secondary N) is 1. The smallest absolute Gasteiger partial charge is 0.183 e. The van der Waals surface area contributed by atoms with E-state index in [0.717, 1.165) is 16.1 Å². The van der Waals surface area contributed by atoms with Crippen molar-refractivity contribution in [3.63, 3.8) is 0 Å². The predicted molar refractivity (Wildman–Crippen MR) is 93.0 cm³/mol. The number of nitriles is 1. The number of rotatable bonds is 5. The highest BCUT2D eigenvalue weighted by atomic mass is 32.2. The summed E-state index contributed by atoms with van der Waals surface area (Å²) in [6.45, 7) is 0. The van der Waals surface area contributed by atoms with Gasteiger partial charge in [0, 0.05) is 23.0 Å². The summed E-state index contributed by atoms with van der Waals surface area (Å²) in [5.74, 6) is 0.826. The SMILES string of the molecule is N#Cc1nccnc1Nc1cccc(CS(=O)c2ccccc2)c1. The van der Waals surface area contributed by atoms with Crippen molar-refractivity contribution in [1.82, 2.24) is 9.97 Å². The summed E-state index contributed by atoms with van der Waals surface area (Å²) < 4.78 is 12.4. The van der Waals surface area contributed by atoms with Gasteiger partial charge in [0.15, 0.2) is 11.5 Å². The van der Waals surface area contributed by atoms with Crippen LogP contribution in [0, 0.1) is 11.3 Å². The second kappa shape index (κ2) is 7.49. The molecule has 0 bridgehead atoms. The van der Waals surface area contributed by atoms with E-state index in [-0.39, 0.29) is 5.69 Å². The maximum absolute atomic E-state index is 12.4. The summed E-state index contributed by atoms with van der Waals surface area (Å²) in [7, 11) is -1.10. The highest BCUT2D eigenvalue weighted by Crippen LogP contribution is 2.19. The fourth-order valence-electron chi connectivity index (χ4n) is 2.19. The molecule has 118 valence electrons. The van der Waals surface area contributed by atoms with Crippen LogP contribution < -0.4 is 5.32 Å². The zero-order valence-corrected chi connectivity index (χ0v) is 13.5. The highest BCUT2D eigenvalue weighted by molar-refractivity contribution is 7.84. The standard InChI is InChI=1S/C18H14N4OS/c19-12-17-18(21-10-9-20-17)22-15-6-4-5-14(11-15)13-24(23)16-7-2-1-3-8-16/h1-11H,13H2,(H,21,22). The summed E-state index contributed by atoms with van der Waals surface area (Å²) >= 11 is 0. The van der Waals surface area contributed by atoms with E-state index in [1.807, 2.05) is 60.7 Å². The van der Waals surface area contributed by atoms with Gasteiger partial charge >= 0.3 is 0 Å². The molecule has 0 aliphatic rings. The Hall–Kier alpha value is -3.04. The monoisotopic (exact) mass is 334 g/mol. The van der Waals surface area contributed by atoms with E-state index in [2.05, 4.69) is 15.3 Å². The minimum atomic E-state index is -1.10. The van der Waals surface area contributed by atoms with Gasteiger partial charge in [0.05, 0.1) is 16.6 Å². The van der Waals surface area contributed by atoms with Gasteiger partial charge in [-0.1, -0.05) is 30.3 Å². The third-order valence-corrected chi connectivity index (χ3v) is 4.69. The molecule has 0 saturated heterocycles. The molecule has 24 heavy (non-hydrogen) atoms.